The highest BCUT2D eigenvalue weighted by molar-refractivity contribution is 6.30. The number of nitrogens with zero attached hydrogens (tertiary/aromatic N) is 4. The number of likely N-dealkylation sites (N-methyl/N-ethyl adjacent to an activating group) is 1. The first-order valence-electron chi connectivity index (χ1n) is 6.88. The molecular formula is C14H23ClN4O. The van der Waals surface area contributed by atoms with E-state index in [4.69, 9.17) is 11.6 Å². The molecule has 5 nitrogen and oxygen atoms in total. The lowest BCUT2D eigenvalue weighted by Crippen LogP contribution is -2.38. The van der Waals surface area contributed by atoms with Crippen LogP contribution in [0.15, 0.2) is 0 Å². The van der Waals surface area contributed by atoms with Gasteiger partial charge >= 0.3 is 0 Å². The Morgan fingerprint density at radius 2 is 1.90 bits per heavy atom. The Hall–Kier alpha value is -1.36. The van der Waals surface area contributed by atoms with Gasteiger partial charge in [0, 0.05) is 32.6 Å². The van der Waals surface area contributed by atoms with Crippen molar-refractivity contribution in [1.82, 2.24) is 14.9 Å². The Morgan fingerprint density at radius 1 is 1.25 bits per heavy atom. The number of aryl methyl sites for hydroxylation is 1. The summed E-state index contributed by atoms with van der Waals surface area (Å²) in [6, 6.07) is 0. The van der Waals surface area contributed by atoms with Gasteiger partial charge in [0.25, 0.3) is 0 Å². The summed E-state index contributed by atoms with van der Waals surface area (Å²) in [4.78, 5) is 24.3. The molecule has 0 bridgehead atoms. The Labute approximate surface area is 126 Å². The van der Waals surface area contributed by atoms with Crippen molar-refractivity contribution in [2.24, 2.45) is 0 Å². The van der Waals surface area contributed by atoms with Crippen LogP contribution in [-0.2, 0) is 11.2 Å². The van der Waals surface area contributed by atoms with Crippen molar-refractivity contribution in [1.29, 1.82) is 0 Å². The third-order valence-electron chi connectivity index (χ3n) is 3.04. The van der Waals surface area contributed by atoms with Crippen molar-refractivity contribution >= 4 is 23.3 Å². The second-order valence-corrected chi connectivity index (χ2v) is 5.30. The van der Waals surface area contributed by atoms with Gasteiger partial charge in [-0.2, -0.15) is 0 Å². The molecule has 6 heteroatoms. The zero-order valence-corrected chi connectivity index (χ0v) is 13.7. The number of hydrogen-bond donors (Lipinski definition) is 0. The molecule has 0 fully saturated rings. The quantitative estimate of drug-likeness (QED) is 0.756. The number of hydrogen-bond acceptors (Lipinski definition) is 4. The summed E-state index contributed by atoms with van der Waals surface area (Å²) in [5.74, 6) is 1.51. The number of aromatic nitrogens is 2. The molecule has 1 aromatic rings. The first kappa shape index (κ1) is 16.7. The fourth-order valence-electron chi connectivity index (χ4n) is 1.82. The van der Waals surface area contributed by atoms with Gasteiger partial charge in [0.2, 0.25) is 5.91 Å². The van der Waals surface area contributed by atoms with Crippen LogP contribution >= 0.6 is 11.6 Å². The average molecular weight is 299 g/mol. The van der Waals surface area contributed by atoms with Gasteiger partial charge in [0.05, 0.1) is 6.54 Å². The van der Waals surface area contributed by atoms with E-state index in [0.29, 0.717) is 23.9 Å². The predicted octanol–water partition coefficient (Wildman–Crippen LogP) is 2.31. The molecule has 0 aliphatic carbocycles. The molecule has 0 saturated heterocycles. The number of anilines is 1. The van der Waals surface area contributed by atoms with E-state index in [2.05, 4.69) is 16.9 Å². The standard InChI is InChI=1S/C14H23ClN4O/c1-6-8-19(9-12(20)18(4)5)14-10(3)13(15)16-11(7-2)17-14/h6-9H2,1-5H3. The summed E-state index contributed by atoms with van der Waals surface area (Å²) in [5, 5.41) is 0.463. The first-order chi connectivity index (χ1) is 9.40. The maximum Gasteiger partial charge on any atom is 0.241 e. The number of rotatable bonds is 6. The summed E-state index contributed by atoms with van der Waals surface area (Å²) >= 11 is 6.17. The molecule has 0 aromatic carbocycles. The molecule has 1 amide bonds. The third-order valence-corrected chi connectivity index (χ3v) is 3.41. The van der Waals surface area contributed by atoms with E-state index in [1.165, 1.54) is 0 Å². The molecule has 20 heavy (non-hydrogen) atoms. The zero-order chi connectivity index (χ0) is 15.3. The van der Waals surface area contributed by atoms with Crippen molar-refractivity contribution in [2.45, 2.75) is 33.6 Å². The second-order valence-electron chi connectivity index (χ2n) is 4.94. The van der Waals surface area contributed by atoms with E-state index >= 15 is 0 Å². The van der Waals surface area contributed by atoms with Crippen molar-refractivity contribution in [3.8, 4) is 0 Å². The molecule has 112 valence electrons. The molecular weight excluding hydrogens is 276 g/mol. The third kappa shape index (κ3) is 4.07. The molecule has 0 atom stereocenters. The van der Waals surface area contributed by atoms with E-state index in [-0.39, 0.29) is 5.91 Å². The maximum atomic E-state index is 12.0. The second kappa shape index (κ2) is 7.43. The van der Waals surface area contributed by atoms with Crippen LogP contribution in [0.2, 0.25) is 5.15 Å². The van der Waals surface area contributed by atoms with Gasteiger partial charge in [-0.15, -0.1) is 0 Å². The van der Waals surface area contributed by atoms with E-state index in [1.54, 1.807) is 19.0 Å². The van der Waals surface area contributed by atoms with Crippen molar-refractivity contribution in [3.63, 3.8) is 0 Å². The summed E-state index contributed by atoms with van der Waals surface area (Å²) in [6.07, 6.45) is 1.65. The molecule has 0 aliphatic heterocycles. The highest BCUT2D eigenvalue weighted by Crippen LogP contribution is 2.24. The molecule has 1 heterocycles. The normalized spacial score (nSPS) is 10.5. The topological polar surface area (TPSA) is 49.3 Å². The predicted molar refractivity (Wildman–Crippen MR) is 82.4 cm³/mol. The highest BCUT2D eigenvalue weighted by Gasteiger charge is 2.18. The van der Waals surface area contributed by atoms with Crippen molar-refractivity contribution in [3.05, 3.63) is 16.5 Å². The summed E-state index contributed by atoms with van der Waals surface area (Å²) < 4.78 is 0. The van der Waals surface area contributed by atoms with Crippen LogP contribution in [-0.4, -0.2) is 48.0 Å². The van der Waals surface area contributed by atoms with Gasteiger partial charge in [0.15, 0.2) is 0 Å². The lowest BCUT2D eigenvalue weighted by Gasteiger charge is -2.26. The average Bonchev–Trinajstić information content (AvgIpc) is 2.41. The number of halogens is 1. The lowest BCUT2D eigenvalue weighted by molar-refractivity contribution is -0.127. The minimum Gasteiger partial charge on any atom is -0.347 e. The van der Waals surface area contributed by atoms with E-state index in [1.807, 2.05) is 18.7 Å². The Kier molecular flexibility index (Phi) is 6.20. The van der Waals surface area contributed by atoms with Crippen molar-refractivity contribution in [2.75, 3.05) is 32.1 Å². The highest BCUT2D eigenvalue weighted by atomic mass is 35.5. The molecule has 0 aliphatic rings. The minimum absolute atomic E-state index is 0.0469. The van der Waals surface area contributed by atoms with Crippen molar-refractivity contribution < 1.29 is 4.79 Å². The van der Waals surface area contributed by atoms with Crippen LogP contribution in [0.4, 0.5) is 5.82 Å². The fraction of sp³-hybridized carbons (Fsp3) is 0.643. The lowest BCUT2D eigenvalue weighted by atomic mass is 10.2. The van der Waals surface area contributed by atoms with Gasteiger partial charge in [-0.3, -0.25) is 4.79 Å². The van der Waals surface area contributed by atoms with Gasteiger partial charge < -0.3 is 9.80 Å². The van der Waals surface area contributed by atoms with Crippen LogP contribution in [0.3, 0.4) is 0 Å². The van der Waals surface area contributed by atoms with E-state index in [9.17, 15) is 4.79 Å². The van der Waals surface area contributed by atoms with Gasteiger partial charge in [-0.1, -0.05) is 25.4 Å². The first-order valence-corrected chi connectivity index (χ1v) is 7.26. The Balaban J connectivity index is 3.13. The van der Waals surface area contributed by atoms with Crippen LogP contribution in [0.5, 0.6) is 0 Å². The number of carbonyl (C=O) groups is 1. The smallest absolute Gasteiger partial charge is 0.241 e. The minimum atomic E-state index is 0.0469. The van der Waals surface area contributed by atoms with Crippen LogP contribution in [0, 0.1) is 6.92 Å². The van der Waals surface area contributed by atoms with Crippen LogP contribution < -0.4 is 4.90 Å². The summed E-state index contributed by atoms with van der Waals surface area (Å²) in [5.41, 5.74) is 0.823. The molecule has 1 rings (SSSR count). The molecule has 1 aromatic heterocycles. The Morgan fingerprint density at radius 3 is 2.40 bits per heavy atom. The van der Waals surface area contributed by atoms with Gasteiger partial charge in [0.1, 0.15) is 16.8 Å². The molecule has 0 spiro atoms. The molecule has 0 saturated carbocycles. The molecule has 0 radical (unpaired) electrons. The van der Waals surface area contributed by atoms with E-state index < -0.39 is 0 Å². The molecule has 0 unspecified atom stereocenters. The zero-order valence-electron chi connectivity index (χ0n) is 12.9. The Bertz CT molecular complexity index is 476. The number of carbonyl (C=O) groups excluding carboxylic acids is 1. The largest absolute Gasteiger partial charge is 0.347 e. The monoisotopic (exact) mass is 298 g/mol. The van der Waals surface area contributed by atoms with E-state index in [0.717, 1.165) is 24.3 Å². The summed E-state index contributed by atoms with van der Waals surface area (Å²) in [7, 11) is 3.51. The van der Waals surface area contributed by atoms with Gasteiger partial charge in [-0.05, 0) is 13.3 Å². The maximum absolute atomic E-state index is 12.0. The van der Waals surface area contributed by atoms with Crippen LogP contribution in [0.25, 0.3) is 0 Å². The fourth-order valence-corrected chi connectivity index (χ4v) is 2.00. The summed E-state index contributed by atoms with van der Waals surface area (Å²) in [6.45, 7) is 7.01. The van der Waals surface area contributed by atoms with Gasteiger partial charge in [-0.25, -0.2) is 9.97 Å². The van der Waals surface area contributed by atoms with Crippen LogP contribution in [0.1, 0.15) is 31.7 Å². The molecule has 0 N–H and O–H groups in total. The SMILES string of the molecule is CCCN(CC(=O)N(C)C)c1nc(CC)nc(Cl)c1C. The number of amides is 1.